The monoisotopic (exact) mass is 326 g/mol. The Bertz CT molecular complexity index is 353. The van der Waals surface area contributed by atoms with Gasteiger partial charge in [-0.3, -0.25) is 9.79 Å². The van der Waals surface area contributed by atoms with Crippen LogP contribution in [-0.4, -0.2) is 62.7 Å². The zero-order chi connectivity index (χ0) is 16.9. The summed E-state index contributed by atoms with van der Waals surface area (Å²) in [6, 6.07) is 0. The number of nitrogens with one attached hydrogen (secondary N) is 2. The van der Waals surface area contributed by atoms with Gasteiger partial charge in [-0.2, -0.15) is 0 Å². The fourth-order valence-electron chi connectivity index (χ4n) is 2.26. The predicted molar refractivity (Wildman–Crippen MR) is 94.7 cm³/mol. The number of rotatable bonds is 12. The molecule has 1 amide bonds. The van der Waals surface area contributed by atoms with Crippen molar-refractivity contribution in [2.45, 2.75) is 46.5 Å². The van der Waals surface area contributed by atoms with Crippen molar-refractivity contribution in [3.63, 3.8) is 0 Å². The van der Waals surface area contributed by atoms with Crippen LogP contribution in [0.2, 0.25) is 0 Å². The molecule has 0 heterocycles. The molecule has 1 fully saturated rings. The Labute approximate surface area is 141 Å². The molecule has 2 N–H and O–H groups in total. The Morgan fingerprint density at radius 1 is 1.22 bits per heavy atom. The minimum absolute atomic E-state index is 0.187. The number of guanidine groups is 1. The lowest BCUT2D eigenvalue weighted by Gasteiger charge is -2.19. The van der Waals surface area contributed by atoms with E-state index in [4.69, 9.17) is 4.74 Å². The number of carbonyl (C=O) groups excluding carboxylic acids is 1. The standard InChI is InChI=1S/C17H34N4O2/c1-4-18-17(19-11-7-13-23-14-15-8-9-15)20-12-10-16(22)21(5-2)6-3/h15H,4-14H2,1-3H3,(H2,18,19,20). The van der Waals surface area contributed by atoms with E-state index in [0.29, 0.717) is 13.0 Å². The summed E-state index contributed by atoms with van der Waals surface area (Å²) >= 11 is 0. The first-order chi connectivity index (χ1) is 11.2. The summed E-state index contributed by atoms with van der Waals surface area (Å²) in [6.07, 6.45) is 4.09. The maximum absolute atomic E-state index is 11.9. The van der Waals surface area contributed by atoms with E-state index >= 15 is 0 Å². The van der Waals surface area contributed by atoms with Crippen molar-refractivity contribution >= 4 is 11.9 Å². The predicted octanol–water partition coefficient (Wildman–Crippen LogP) is 1.62. The fourth-order valence-corrected chi connectivity index (χ4v) is 2.26. The van der Waals surface area contributed by atoms with E-state index in [9.17, 15) is 4.79 Å². The Morgan fingerprint density at radius 3 is 2.57 bits per heavy atom. The lowest BCUT2D eigenvalue weighted by molar-refractivity contribution is -0.130. The second kappa shape index (κ2) is 12.2. The molecule has 6 heteroatoms. The molecule has 0 aromatic heterocycles. The average molecular weight is 326 g/mol. The van der Waals surface area contributed by atoms with Gasteiger partial charge in [0.05, 0.1) is 0 Å². The molecule has 134 valence electrons. The van der Waals surface area contributed by atoms with Crippen LogP contribution in [0.3, 0.4) is 0 Å². The van der Waals surface area contributed by atoms with E-state index in [0.717, 1.165) is 57.7 Å². The van der Waals surface area contributed by atoms with Gasteiger partial charge in [0.1, 0.15) is 0 Å². The number of aliphatic imine (C=N–C) groups is 1. The molecular weight excluding hydrogens is 292 g/mol. The first-order valence-corrected chi connectivity index (χ1v) is 9.08. The van der Waals surface area contributed by atoms with Gasteiger partial charge in [-0.1, -0.05) is 0 Å². The smallest absolute Gasteiger partial charge is 0.224 e. The van der Waals surface area contributed by atoms with E-state index < -0.39 is 0 Å². The van der Waals surface area contributed by atoms with Crippen LogP contribution >= 0.6 is 0 Å². The molecule has 0 saturated heterocycles. The van der Waals surface area contributed by atoms with Gasteiger partial charge >= 0.3 is 0 Å². The normalized spacial score (nSPS) is 14.7. The lowest BCUT2D eigenvalue weighted by Crippen LogP contribution is -2.40. The fraction of sp³-hybridized carbons (Fsp3) is 0.882. The topological polar surface area (TPSA) is 66.0 Å². The van der Waals surface area contributed by atoms with Gasteiger partial charge in [0.2, 0.25) is 5.91 Å². The van der Waals surface area contributed by atoms with Gasteiger partial charge in [-0.25, -0.2) is 0 Å². The van der Waals surface area contributed by atoms with Gasteiger partial charge < -0.3 is 20.3 Å². The zero-order valence-corrected chi connectivity index (χ0v) is 15.1. The molecule has 0 atom stereocenters. The third kappa shape index (κ3) is 9.43. The quantitative estimate of drug-likeness (QED) is 0.325. The number of nitrogens with zero attached hydrogens (tertiary/aromatic N) is 2. The highest BCUT2D eigenvalue weighted by Crippen LogP contribution is 2.28. The minimum atomic E-state index is 0.187. The first kappa shape index (κ1) is 19.7. The molecule has 0 spiro atoms. The van der Waals surface area contributed by atoms with E-state index in [1.807, 2.05) is 25.7 Å². The van der Waals surface area contributed by atoms with Gasteiger partial charge in [0.15, 0.2) is 5.96 Å². The van der Waals surface area contributed by atoms with Crippen molar-refractivity contribution in [2.75, 3.05) is 45.9 Å². The van der Waals surface area contributed by atoms with Gasteiger partial charge in [0.25, 0.3) is 0 Å². The third-order valence-electron chi connectivity index (χ3n) is 3.86. The molecule has 23 heavy (non-hydrogen) atoms. The maximum atomic E-state index is 11.9. The Balaban J connectivity index is 2.15. The number of hydrogen-bond acceptors (Lipinski definition) is 3. The van der Waals surface area contributed by atoms with Crippen molar-refractivity contribution in [3.8, 4) is 0 Å². The van der Waals surface area contributed by atoms with Crippen molar-refractivity contribution in [1.29, 1.82) is 0 Å². The number of hydrogen-bond donors (Lipinski definition) is 2. The molecule has 0 unspecified atom stereocenters. The second-order valence-corrected chi connectivity index (χ2v) is 5.88. The Hall–Kier alpha value is -1.30. The van der Waals surface area contributed by atoms with E-state index in [2.05, 4.69) is 15.6 Å². The third-order valence-corrected chi connectivity index (χ3v) is 3.86. The van der Waals surface area contributed by atoms with E-state index in [1.54, 1.807) is 0 Å². The molecule has 1 aliphatic rings. The van der Waals surface area contributed by atoms with Crippen LogP contribution in [0.15, 0.2) is 4.99 Å². The second-order valence-electron chi connectivity index (χ2n) is 5.88. The van der Waals surface area contributed by atoms with Crippen molar-refractivity contribution < 1.29 is 9.53 Å². The Kier molecular flexibility index (Phi) is 10.4. The average Bonchev–Trinajstić information content (AvgIpc) is 3.36. The largest absolute Gasteiger partial charge is 0.381 e. The molecule has 1 rings (SSSR count). The molecule has 0 aliphatic heterocycles. The number of ether oxygens (including phenoxy) is 1. The summed E-state index contributed by atoms with van der Waals surface area (Å²) in [7, 11) is 0. The Morgan fingerprint density at radius 2 is 1.96 bits per heavy atom. The van der Waals surface area contributed by atoms with Gasteiger partial charge in [-0.05, 0) is 46.0 Å². The number of amides is 1. The SMILES string of the molecule is CCNC(=NCCCOCC1CC1)NCCC(=O)N(CC)CC. The molecule has 1 aliphatic carbocycles. The van der Waals surface area contributed by atoms with Crippen LogP contribution in [-0.2, 0) is 9.53 Å². The molecule has 6 nitrogen and oxygen atoms in total. The summed E-state index contributed by atoms with van der Waals surface area (Å²) in [5.41, 5.74) is 0. The summed E-state index contributed by atoms with van der Waals surface area (Å²) in [6.45, 7) is 11.4. The van der Waals surface area contributed by atoms with Crippen LogP contribution in [0, 0.1) is 5.92 Å². The minimum Gasteiger partial charge on any atom is -0.381 e. The van der Waals surface area contributed by atoms with Crippen LogP contribution in [0.5, 0.6) is 0 Å². The summed E-state index contributed by atoms with van der Waals surface area (Å²) in [5, 5.41) is 6.43. The maximum Gasteiger partial charge on any atom is 0.224 e. The van der Waals surface area contributed by atoms with E-state index in [1.165, 1.54) is 12.8 Å². The summed E-state index contributed by atoms with van der Waals surface area (Å²) < 4.78 is 5.60. The first-order valence-electron chi connectivity index (χ1n) is 9.08. The molecular formula is C17H34N4O2. The molecule has 0 bridgehead atoms. The highest BCUT2D eigenvalue weighted by Gasteiger charge is 2.20. The zero-order valence-electron chi connectivity index (χ0n) is 15.1. The molecule has 0 radical (unpaired) electrons. The lowest BCUT2D eigenvalue weighted by atomic mass is 10.3. The number of carbonyl (C=O) groups is 1. The van der Waals surface area contributed by atoms with Crippen molar-refractivity contribution in [1.82, 2.24) is 15.5 Å². The van der Waals surface area contributed by atoms with Gasteiger partial charge in [-0.15, -0.1) is 0 Å². The van der Waals surface area contributed by atoms with Crippen LogP contribution in [0.25, 0.3) is 0 Å². The van der Waals surface area contributed by atoms with Crippen LogP contribution in [0.4, 0.5) is 0 Å². The molecule has 0 aromatic carbocycles. The van der Waals surface area contributed by atoms with Crippen LogP contribution in [0.1, 0.15) is 46.5 Å². The highest BCUT2D eigenvalue weighted by atomic mass is 16.5. The molecule has 0 aromatic rings. The summed E-state index contributed by atoms with van der Waals surface area (Å²) in [4.78, 5) is 18.3. The van der Waals surface area contributed by atoms with Gasteiger partial charge in [0, 0.05) is 52.4 Å². The highest BCUT2D eigenvalue weighted by molar-refractivity contribution is 5.81. The van der Waals surface area contributed by atoms with Crippen molar-refractivity contribution in [2.24, 2.45) is 10.9 Å². The summed E-state index contributed by atoms with van der Waals surface area (Å²) in [5.74, 6) is 1.79. The van der Waals surface area contributed by atoms with E-state index in [-0.39, 0.29) is 5.91 Å². The molecule has 1 saturated carbocycles. The van der Waals surface area contributed by atoms with Crippen molar-refractivity contribution in [3.05, 3.63) is 0 Å². The van der Waals surface area contributed by atoms with Crippen LogP contribution < -0.4 is 10.6 Å².